The molecule has 0 bridgehead atoms. The molecule has 5 nitrogen and oxygen atoms in total. The monoisotopic (exact) mass is 410 g/mol. The van der Waals surface area contributed by atoms with Crippen molar-refractivity contribution < 1.29 is 14.3 Å². The van der Waals surface area contributed by atoms with Crippen molar-refractivity contribution in [2.45, 2.75) is 46.0 Å². The molecule has 1 aliphatic rings. The van der Waals surface area contributed by atoms with E-state index in [2.05, 4.69) is 32.7 Å². The van der Waals surface area contributed by atoms with Crippen LogP contribution in [-0.2, 0) is 9.53 Å². The molecule has 6 heteroatoms. The van der Waals surface area contributed by atoms with Gasteiger partial charge in [0, 0.05) is 30.2 Å². The lowest BCUT2D eigenvalue weighted by Gasteiger charge is -2.33. The van der Waals surface area contributed by atoms with E-state index in [1.807, 2.05) is 13.0 Å². The Balaban J connectivity index is 1.91. The summed E-state index contributed by atoms with van der Waals surface area (Å²) in [6.07, 6.45) is 7.49. The van der Waals surface area contributed by atoms with Crippen LogP contribution >= 0.6 is 15.9 Å². The molecular weight excluding hydrogens is 384 g/mol. The van der Waals surface area contributed by atoms with Gasteiger partial charge in [-0.3, -0.25) is 9.59 Å². The second-order valence-corrected chi connectivity index (χ2v) is 7.53. The number of hydrogen-bond donors (Lipinski definition) is 0. The standard InChI is InChI=1S/C19H27BrN2O3/c1-3-22(19-16(13-23)10-17(20)11-21-19)12-15-7-5-14(6-8-15)9-18(24)25-4-2/h10-11,13-15H,3-9,12H2,1-2H3/t14-,15-. The number of esters is 1. The van der Waals surface area contributed by atoms with E-state index >= 15 is 0 Å². The Labute approximate surface area is 158 Å². The van der Waals surface area contributed by atoms with Crippen molar-refractivity contribution in [3.63, 3.8) is 0 Å². The lowest BCUT2D eigenvalue weighted by Crippen LogP contribution is -2.33. The molecule has 0 amide bonds. The third-order valence-corrected chi connectivity index (χ3v) is 5.31. The maximum Gasteiger partial charge on any atom is 0.306 e. The van der Waals surface area contributed by atoms with Crippen molar-refractivity contribution in [3.8, 4) is 0 Å². The Hall–Kier alpha value is -1.43. The average molecular weight is 411 g/mol. The van der Waals surface area contributed by atoms with Gasteiger partial charge in [-0.1, -0.05) is 0 Å². The third kappa shape index (κ3) is 5.80. The summed E-state index contributed by atoms with van der Waals surface area (Å²) in [6, 6.07) is 1.81. The molecule has 138 valence electrons. The van der Waals surface area contributed by atoms with Crippen molar-refractivity contribution in [2.24, 2.45) is 11.8 Å². The van der Waals surface area contributed by atoms with Gasteiger partial charge in [0.1, 0.15) is 5.82 Å². The highest BCUT2D eigenvalue weighted by atomic mass is 79.9. The number of carbonyl (C=O) groups excluding carboxylic acids is 2. The van der Waals surface area contributed by atoms with Crippen molar-refractivity contribution in [2.75, 3.05) is 24.6 Å². The number of carbonyl (C=O) groups is 2. The van der Waals surface area contributed by atoms with Crippen LogP contribution in [0, 0.1) is 11.8 Å². The van der Waals surface area contributed by atoms with Gasteiger partial charge in [0.15, 0.2) is 6.29 Å². The number of halogens is 1. The average Bonchev–Trinajstić information content (AvgIpc) is 2.61. The summed E-state index contributed by atoms with van der Waals surface area (Å²) < 4.78 is 5.87. The van der Waals surface area contributed by atoms with Gasteiger partial charge in [-0.05, 0) is 73.4 Å². The highest BCUT2D eigenvalue weighted by Crippen LogP contribution is 2.32. The zero-order chi connectivity index (χ0) is 18.2. The smallest absolute Gasteiger partial charge is 0.306 e. The zero-order valence-electron chi connectivity index (χ0n) is 15.0. The lowest BCUT2D eigenvalue weighted by molar-refractivity contribution is -0.144. The number of aldehydes is 1. The van der Waals surface area contributed by atoms with Crippen LogP contribution in [0.25, 0.3) is 0 Å². The highest BCUT2D eigenvalue weighted by molar-refractivity contribution is 9.10. The van der Waals surface area contributed by atoms with E-state index in [0.29, 0.717) is 30.4 Å². The minimum absolute atomic E-state index is 0.0733. The van der Waals surface area contributed by atoms with Crippen molar-refractivity contribution in [1.82, 2.24) is 4.98 Å². The molecule has 0 atom stereocenters. The molecule has 0 aliphatic heterocycles. The summed E-state index contributed by atoms with van der Waals surface area (Å²) in [5.41, 5.74) is 0.618. The number of rotatable bonds is 8. The van der Waals surface area contributed by atoms with Crippen LogP contribution in [0.1, 0.15) is 56.3 Å². The number of nitrogens with zero attached hydrogens (tertiary/aromatic N) is 2. The molecule has 1 aromatic rings. The second-order valence-electron chi connectivity index (χ2n) is 6.62. The summed E-state index contributed by atoms with van der Waals surface area (Å²) >= 11 is 3.37. The fourth-order valence-corrected chi connectivity index (χ4v) is 3.90. The number of ether oxygens (including phenoxy) is 1. The minimum Gasteiger partial charge on any atom is -0.466 e. The predicted octanol–water partition coefficient (Wildman–Crippen LogP) is 4.24. The van der Waals surface area contributed by atoms with E-state index in [1.54, 1.807) is 6.20 Å². The summed E-state index contributed by atoms with van der Waals surface area (Å²) in [4.78, 5) is 29.6. The molecule has 1 aromatic heterocycles. The molecule has 0 spiro atoms. The maximum absolute atomic E-state index is 11.6. The Kier molecular flexibility index (Phi) is 7.88. The van der Waals surface area contributed by atoms with Gasteiger partial charge in [-0.2, -0.15) is 0 Å². The SMILES string of the molecule is CCOC(=O)C[C@H]1CC[C@H](CN(CC)c2ncc(Br)cc2C=O)CC1. The van der Waals surface area contributed by atoms with Crippen molar-refractivity contribution in [3.05, 3.63) is 22.3 Å². The molecule has 1 aliphatic carbocycles. The summed E-state index contributed by atoms with van der Waals surface area (Å²) in [7, 11) is 0. The zero-order valence-corrected chi connectivity index (χ0v) is 16.6. The molecule has 25 heavy (non-hydrogen) atoms. The summed E-state index contributed by atoms with van der Waals surface area (Å²) in [6.45, 7) is 6.11. The molecule has 0 aromatic carbocycles. The molecule has 0 N–H and O–H groups in total. The first-order valence-corrected chi connectivity index (χ1v) is 9.87. The van der Waals surface area contributed by atoms with E-state index < -0.39 is 0 Å². The topological polar surface area (TPSA) is 59.5 Å². The third-order valence-electron chi connectivity index (χ3n) is 4.88. The van der Waals surface area contributed by atoms with E-state index in [9.17, 15) is 9.59 Å². The summed E-state index contributed by atoms with van der Waals surface area (Å²) in [5, 5.41) is 0. The van der Waals surface area contributed by atoms with E-state index in [4.69, 9.17) is 4.74 Å². The molecule has 2 rings (SSSR count). The van der Waals surface area contributed by atoms with Crippen molar-refractivity contribution in [1.29, 1.82) is 0 Å². The second kappa shape index (κ2) is 9.90. The fourth-order valence-electron chi connectivity index (χ4n) is 3.55. The first-order valence-electron chi connectivity index (χ1n) is 9.08. The maximum atomic E-state index is 11.6. The molecule has 0 radical (unpaired) electrons. The van der Waals surface area contributed by atoms with Gasteiger partial charge in [0.2, 0.25) is 0 Å². The van der Waals surface area contributed by atoms with Crippen LogP contribution in [-0.4, -0.2) is 36.9 Å². The van der Waals surface area contributed by atoms with Crippen LogP contribution in [0.2, 0.25) is 0 Å². The highest BCUT2D eigenvalue weighted by Gasteiger charge is 2.25. The Morgan fingerprint density at radius 2 is 2.00 bits per heavy atom. The number of pyridine rings is 1. The molecule has 0 unspecified atom stereocenters. The Bertz CT molecular complexity index is 586. The first kappa shape index (κ1) is 19.9. The van der Waals surface area contributed by atoms with Gasteiger partial charge >= 0.3 is 5.97 Å². The number of anilines is 1. The normalized spacial score (nSPS) is 20.1. The van der Waals surface area contributed by atoms with Crippen LogP contribution in [0.5, 0.6) is 0 Å². The van der Waals surface area contributed by atoms with E-state index in [0.717, 1.165) is 55.3 Å². The largest absolute Gasteiger partial charge is 0.466 e. The molecule has 1 fully saturated rings. The molecule has 1 saturated carbocycles. The van der Waals surface area contributed by atoms with E-state index in [1.165, 1.54) is 0 Å². The molecule has 1 heterocycles. The number of hydrogen-bond acceptors (Lipinski definition) is 5. The first-order chi connectivity index (χ1) is 12.1. The quantitative estimate of drug-likeness (QED) is 0.473. The van der Waals surface area contributed by atoms with Crippen LogP contribution in [0.4, 0.5) is 5.82 Å². The van der Waals surface area contributed by atoms with Crippen molar-refractivity contribution >= 4 is 34.0 Å². The Morgan fingerprint density at radius 1 is 1.32 bits per heavy atom. The van der Waals surface area contributed by atoms with Gasteiger partial charge < -0.3 is 9.64 Å². The van der Waals surface area contributed by atoms with Gasteiger partial charge in [-0.15, -0.1) is 0 Å². The summed E-state index contributed by atoms with van der Waals surface area (Å²) in [5.74, 6) is 1.70. The van der Waals surface area contributed by atoms with Crippen LogP contribution in [0.3, 0.4) is 0 Å². The molecular formula is C19H27BrN2O3. The lowest BCUT2D eigenvalue weighted by atomic mass is 9.80. The fraction of sp³-hybridized carbons (Fsp3) is 0.632. The molecule has 0 saturated heterocycles. The van der Waals surface area contributed by atoms with Crippen LogP contribution < -0.4 is 4.90 Å². The minimum atomic E-state index is -0.0733. The van der Waals surface area contributed by atoms with Gasteiger partial charge in [-0.25, -0.2) is 4.98 Å². The predicted molar refractivity (Wildman–Crippen MR) is 102 cm³/mol. The van der Waals surface area contributed by atoms with Gasteiger partial charge in [0.05, 0.1) is 12.2 Å². The van der Waals surface area contributed by atoms with Gasteiger partial charge in [0.25, 0.3) is 0 Å². The number of aromatic nitrogens is 1. The van der Waals surface area contributed by atoms with E-state index in [-0.39, 0.29) is 5.97 Å². The Morgan fingerprint density at radius 3 is 2.60 bits per heavy atom. The van der Waals surface area contributed by atoms with Crippen LogP contribution in [0.15, 0.2) is 16.7 Å².